The summed E-state index contributed by atoms with van der Waals surface area (Å²) >= 11 is 12.1. The molecule has 0 spiro atoms. The topological polar surface area (TPSA) is 44.1 Å². The summed E-state index contributed by atoms with van der Waals surface area (Å²) in [5, 5.41) is 5.74. The molecule has 1 heterocycles. The third-order valence-electron chi connectivity index (χ3n) is 4.26. The third-order valence-corrected chi connectivity index (χ3v) is 4.75. The summed E-state index contributed by atoms with van der Waals surface area (Å²) in [4.78, 5) is 10.5. The van der Waals surface area contributed by atoms with E-state index >= 15 is 0 Å². The SMILES string of the molecule is Cc1cc(CCC(=O)F)nn1Cc1cc(Cl)ccc1OCc1ccc(Cl)cc1. The van der Waals surface area contributed by atoms with E-state index in [0.29, 0.717) is 34.6 Å². The van der Waals surface area contributed by atoms with Gasteiger partial charge in [0.2, 0.25) is 0 Å². The lowest BCUT2D eigenvalue weighted by molar-refractivity contribution is -0.129. The van der Waals surface area contributed by atoms with Crippen molar-refractivity contribution >= 4 is 29.2 Å². The molecular weight excluding hydrogens is 402 g/mol. The van der Waals surface area contributed by atoms with Gasteiger partial charge in [0, 0.05) is 34.1 Å². The maximum Gasteiger partial charge on any atom is 0.301 e. The first-order valence-corrected chi connectivity index (χ1v) is 9.53. The second-order valence-electron chi connectivity index (χ2n) is 6.46. The molecule has 0 atom stereocenters. The van der Waals surface area contributed by atoms with E-state index in [0.717, 1.165) is 16.8 Å². The summed E-state index contributed by atoms with van der Waals surface area (Å²) < 4.78 is 20.2. The molecule has 0 fully saturated rings. The van der Waals surface area contributed by atoms with E-state index in [9.17, 15) is 9.18 Å². The number of benzene rings is 2. The van der Waals surface area contributed by atoms with Crippen LogP contribution in [0.2, 0.25) is 10.0 Å². The monoisotopic (exact) mass is 420 g/mol. The Bertz CT molecular complexity index is 971. The van der Waals surface area contributed by atoms with E-state index in [1.54, 1.807) is 10.7 Å². The lowest BCUT2D eigenvalue weighted by atomic mass is 10.2. The molecule has 0 N–H and O–H groups in total. The van der Waals surface area contributed by atoms with E-state index in [1.807, 2.05) is 49.4 Å². The molecule has 0 unspecified atom stereocenters. The summed E-state index contributed by atoms with van der Waals surface area (Å²) in [6.45, 7) is 2.76. The highest BCUT2D eigenvalue weighted by atomic mass is 35.5. The minimum absolute atomic E-state index is 0.164. The van der Waals surface area contributed by atoms with Crippen molar-refractivity contribution in [1.82, 2.24) is 9.78 Å². The Labute approximate surface area is 172 Å². The lowest BCUT2D eigenvalue weighted by Crippen LogP contribution is -2.07. The van der Waals surface area contributed by atoms with Crippen LogP contribution in [-0.2, 0) is 24.4 Å². The van der Waals surface area contributed by atoms with Crippen LogP contribution in [0.4, 0.5) is 4.39 Å². The van der Waals surface area contributed by atoms with Crippen LogP contribution >= 0.6 is 23.2 Å². The fraction of sp³-hybridized carbons (Fsp3) is 0.238. The molecule has 4 nitrogen and oxygen atoms in total. The first-order valence-electron chi connectivity index (χ1n) is 8.78. The normalized spacial score (nSPS) is 10.9. The second kappa shape index (κ2) is 9.22. The van der Waals surface area contributed by atoms with Crippen LogP contribution in [0.5, 0.6) is 5.75 Å². The van der Waals surface area contributed by atoms with Gasteiger partial charge in [0.25, 0.3) is 0 Å². The number of carbonyl (C=O) groups is 1. The smallest absolute Gasteiger partial charge is 0.301 e. The molecule has 0 amide bonds. The van der Waals surface area contributed by atoms with Crippen molar-refractivity contribution in [3.63, 3.8) is 0 Å². The van der Waals surface area contributed by atoms with Gasteiger partial charge in [-0.3, -0.25) is 9.48 Å². The van der Waals surface area contributed by atoms with E-state index < -0.39 is 6.04 Å². The number of hydrogen-bond acceptors (Lipinski definition) is 3. The highest BCUT2D eigenvalue weighted by molar-refractivity contribution is 6.30. The summed E-state index contributed by atoms with van der Waals surface area (Å²) in [6, 6.07) is 13.4. The number of aryl methyl sites for hydroxylation is 2. The zero-order chi connectivity index (χ0) is 20.1. The van der Waals surface area contributed by atoms with Crippen LogP contribution < -0.4 is 4.74 Å². The van der Waals surface area contributed by atoms with Crippen LogP contribution in [0, 0.1) is 6.92 Å². The van der Waals surface area contributed by atoms with Gasteiger partial charge < -0.3 is 4.74 Å². The largest absolute Gasteiger partial charge is 0.489 e. The van der Waals surface area contributed by atoms with Crippen LogP contribution in [0.15, 0.2) is 48.5 Å². The van der Waals surface area contributed by atoms with Gasteiger partial charge >= 0.3 is 6.04 Å². The zero-order valence-corrected chi connectivity index (χ0v) is 16.8. The number of nitrogens with zero attached hydrogens (tertiary/aromatic N) is 2. The van der Waals surface area contributed by atoms with E-state index in [4.69, 9.17) is 27.9 Å². The molecule has 0 aliphatic rings. The Morgan fingerprint density at radius 2 is 1.82 bits per heavy atom. The minimum atomic E-state index is -1.33. The second-order valence-corrected chi connectivity index (χ2v) is 7.33. The van der Waals surface area contributed by atoms with E-state index in [1.165, 1.54) is 0 Å². The third kappa shape index (κ3) is 5.57. The predicted octanol–water partition coefficient (Wildman–Crippen LogP) is 5.55. The quantitative estimate of drug-likeness (QED) is 0.448. The molecule has 7 heteroatoms. The summed E-state index contributed by atoms with van der Waals surface area (Å²) in [7, 11) is 0. The molecule has 0 bridgehead atoms. The van der Waals surface area contributed by atoms with Gasteiger partial charge in [0.15, 0.2) is 0 Å². The van der Waals surface area contributed by atoms with Crippen LogP contribution in [-0.4, -0.2) is 15.8 Å². The molecule has 0 aliphatic carbocycles. The number of rotatable bonds is 8. The molecule has 2 aromatic carbocycles. The number of aromatic nitrogens is 2. The maximum atomic E-state index is 12.5. The zero-order valence-electron chi connectivity index (χ0n) is 15.3. The van der Waals surface area contributed by atoms with Crippen molar-refractivity contribution in [3.05, 3.63) is 81.1 Å². The first-order chi connectivity index (χ1) is 13.4. The Kier molecular flexibility index (Phi) is 6.70. The highest BCUT2D eigenvalue weighted by Gasteiger charge is 2.11. The fourth-order valence-corrected chi connectivity index (χ4v) is 3.12. The van der Waals surface area contributed by atoms with Gasteiger partial charge in [0.1, 0.15) is 12.4 Å². The molecule has 3 aromatic rings. The molecular formula is C21H19Cl2FN2O2. The minimum Gasteiger partial charge on any atom is -0.489 e. The van der Waals surface area contributed by atoms with Crippen molar-refractivity contribution in [3.8, 4) is 5.75 Å². The Hall–Kier alpha value is -2.37. The molecule has 146 valence electrons. The number of carbonyl (C=O) groups excluding carboxylic acids is 1. The fourth-order valence-electron chi connectivity index (χ4n) is 2.80. The van der Waals surface area contributed by atoms with E-state index in [-0.39, 0.29) is 12.8 Å². The Morgan fingerprint density at radius 3 is 2.54 bits per heavy atom. The van der Waals surface area contributed by atoms with Gasteiger partial charge in [0.05, 0.1) is 12.2 Å². The molecule has 3 rings (SSSR count). The molecule has 0 saturated heterocycles. The van der Waals surface area contributed by atoms with Crippen molar-refractivity contribution < 1.29 is 13.9 Å². The molecule has 1 aromatic heterocycles. The van der Waals surface area contributed by atoms with Gasteiger partial charge in [-0.25, -0.2) is 0 Å². The maximum absolute atomic E-state index is 12.5. The lowest BCUT2D eigenvalue weighted by Gasteiger charge is -2.13. The van der Waals surface area contributed by atoms with Gasteiger partial charge in [-0.1, -0.05) is 35.3 Å². The van der Waals surface area contributed by atoms with Crippen LogP contribution in [0.1, 0.15) is 28.9 Å². The van der Waals surface area contributed by atoms with Crippen molar-refractivity contribution in [2.45, 2.75) is 32.9 Å². The Balaban J connectivity index is 1.75. The Morgan fingerprint density at radius 1 is 1.11 bits per heavy atom. The summed E-state index contributed by atoms with van der Waals surface area (Å²) in [6.07, 6.45) is 0.113. The van der Waals surface area contributed by atoms with E-state index in [2.05, 4.69) is 5.10 Å². The average Bonchev–Trinajstić information content (AvgIpc) is 3.00. The van der Waals surface area contributed by atoms with Crippen molar-refractivity contribution in [2.24, 2.45) is 0 Å². The molecule has 28 heavy (non-hydrogen) atoms. The summed E-state index contributed by atoms with van der Waals surface area (Å²) in [5.74, 6) is 0.703. The number of halogens is 3. The number of hydrogen-bond donors (Lipinski definition) is 0. The molecule has 0 aliphatic heterocycles. The van der Waals surface area contributed by atoms with Crippen molar-refractivity contribution in [2.75, 3.05) is 0 Å². The average molecular weight is 421 g/mol. The molecule has 0 radical (unpaired) electrons. The first kappa shape index (κ1) is 20.4. The highest BCUT2D eigenvalue weighted by Crippen LogP contribution is 2.25. The van der Waals surface area contributed by atoms with Crippen LogP contribution in [0.3, 0.4) is 0 Å². The van der Waals surface area contributed by atoms with Gasteiger partial charge in [-0.05, 0) is 48.9 Å². The number of ether oxygens (including phenoxy) is 1. The van der Waals surface area contributed by atoms with Crippen molar-refractivity contribution in [1.29, 1.82) is 0 Å². The summed E-state index contributed by atoms with van der Waals surface area (Å²) in [5.41, 5.74) is 3.46. The van der Waals surface area contributed by atoms with Gasteiger partial charge in [-0.15, -0.1) is 0 Å². The van der Waals surface area contributed by atoms with Crippen LogP contribution in [0.25, 0.3) is 0 Å². The molecule has 0 saturated carbocycles. The van der Waals surface area contributed by atoms with Gasteiger partial charge in [-0.2, -0.15) is 9.49 Å². The predicted molar refractivity (Wildman–Crippen MR) is 108 cm³/mol. The standard InChI is InChI=1S/C21H19Cl2FN2O2/c1-14-10-19(7-9-21(24)27)25-26(14)12-16-11-18(23)6-8-20(16)28-13-15-2-4-17(22)5-3-15/h2-6,8,10-11H,7,9,12-13H2,1H3.